The summed E-state index contributed by atoms with van der Waals surface area (Å²) in [7, 11) is 0. The van der Waals surface area contributed by atoms with Gasteiger partial charge in [0.1, 0.15) is 0 Å². The first-order valence-corrected chi connectivity index (χ1v) is 8.29. The lowest BCUT2D eigenvalue weighted by molar-refractivity contribution is 0.0567. The molecule has 2 unspecified atom stereocenters. The molecule has 3 nitrogen and oxygen atoms in total. The van der Waals surface area contributed by atoms with Crippen molar-refractivity contribution in [3.8, 4) is 0 Å². The average molecular weight is 269 g/mol. The van der Waals surface area contributed by atoms with Gasteiger partial charge in [-0.15, -0.1) is 0 Å². The Kier molecular flexibility index (Phi) is 7.18. The molecule has 2 fully saturated rings. The van der Waals surface area contributed by atoms with E-state index in [1.54, 1.807) is 0 Å². The zero-order chi connectivity index (χ0) is 13.3. The van der Waals surface area contributed by atoms with Crippen LogP contribution in [0.1, 0.15) is 51.9 Å². The minimum absolute atomic E-state index is 0.572. The van der Waals surface area contributed by atoms with Gasteiger partial charge < -0.3 is 14.8 Å². The molecular formula is C16H31NO2. The lowest BCUT2D eigenvalue weighted by Crippen LogP contribution is -2.41. The molecule has 0 radical (unpaired) electrons. The van der Waals surface area contributed by atoms with E-state index < -0.39 is 0 Å². The summed E-state index contributed by atoms with van der Waals surface area (Å²) < 4.78 is 11.4. The zero-order valence-corrected chi connectivity index (χ0v) is 12.5. The Labute approximate surface area is 118 Å². The SMILES string of the molecule is CCCNC(COCC1CCOC1)C1CCCCC1. The fraction of sp³-hybridized carbons (Fsp3) is 1.00. The largest absolute Gasteiger partial charge is 0.381 e. The lowest BCUT2D eigenvalue weighted by Gasteiger charge is -2.31. The Hall–Kier alpha value is -0.120. The van der Waals surface area contributed by atoms with Crippen molar-refractivity contribution in [1.82, 2.24) is 5.32 Å². The van der Waals surface area contributed by atoms with Gasteiger partial charge in [-0.25, -0.2) is 0 Å². The van der Waals surface area contributed by atoms with Crippen molar-refractivity contribution in [2.45, 2.75) is 57.9 Å². The monoisotopic (exact) mass is 269 g/mol. The van der Waals surface area contributed by atoms with Crippen LogP contribution in [0.2, 0.25) is 0 Å². The van der Waals surface area contributed by atoms with Crippen molar-refractivity contribution < 1.29 is 9.47 Å². The summed E-state index contributed by atoms with van der Waals surface area (Å²) in [4.78, 5) is 0. The van der Waals surface area contributed by atoms with E-state index >= 15 is 0 Å². The molecule has 1 N–H and O–H groups in total. The highest BCUT2D eigenvalue weighted by molar-refractivity contribution is 4.79. The Bertz CT molecular complexity index is 223. The summed E-state index contributed by atoms with van der Waals surface area (Å²) in [5, 5.41) is 3.71. The third kappa shape index (κ3) is 5.41. The maximum absolute atomic E-state index is 5.99. The number of nitrogens with one attached hydrogen (secondary N) is 1. The van der Waals surface area contributed by atoms with E-state index in [9.17, 15) is 0 Å². The van der Waals surface area contributed by atoms with Crippen LogP contribution in [0, 0.1) is 11.8 Å². The van der Waals surface area contributed by atoms with E-state index in [2.05, 4.69) is 12.2 Å². The molecule has 1 saturated heterocycles. The average Bonchev–Trinajstić information content (AvgIpc) is 2.97. The molecule has 1 aliphatic carbocycles. The fourth-order valence-electron chi connectivity index (χ4n) is 3.30. The second kappa shape index (κ2) is 8.93. The topological polar surface area (TPSA) is 30.5 Å². The molecule has 2 atom stereocenters. The second-order valence-electron chi connectivity index (χ2n) is 6.23. The Morgan fingerprint density at radius 1 is 1.21 bits per heavy atom. The smallest absolute Gasteiger partial charge is 0.0622 e. The standard InChI is InChI=1S/C16H31NO2/c1-2-9-17-16(15-6-4-3-5-7-15)13-19-12-14-8-10-18-11-14/h14-17H,2-13H2,1H3. The van der Waals surface area contributed by atoms with Crippen molar-refractivity contribution in [1.29, 1.82) is 0 Å². The van der Waals surface area contributed by atoms with E-state index in [-0.39, 0.29) is 0 Å². The number of hydrogen-bond acceptors (Lipinski definition) is 3. The maximum atomic E-state index is 5.99. The molecule has 0 aromatic carbocycles. The van der Waals surface area contributed by atoms with Gasteiger partial charge in [-0.3, -0.25) is 0 Å². The molecule has 0 bridgehead atoms. The van der Waals surface area contributed by atoms with Gasteiger partial charge >= 0.3 is 0 Å². The van der Waals surface area contributed by atoms with Crippen LogP contribution >= 0.6 is 0 Å². The summed E-state index contributed by atoms with van der Waals surface area (Å²) in [6, 6.07) is 0.572. The molecule has 0 aromatic rings. The van der Waals surface area contributed by atoms with Crippen LogP contribution in [-0.2, 0) is 9.47 Å². The van der Waals surface area contributed by atoms with Crippen LogP contribution in [0.25, 0.3) is 0 Å². The molecule has 2 aliphatic rings. The van der Waals surface area contributed by atoms with E-state index in [4.69, 9.17) is 9.47 Å². The van der Waals surface area contributed by atoms with Gasteiger partial charge in [0.05, 0.1) is 19.8 Å². The Morgan fingerprint density at radius 2 is 2.05 bits per heavy atom. The highest BCUT2D eigenvalue weighted by Gasteiger charge is 2.24. The van der Waals surface area contributed by atoms with E-state index in [0.717, 1.165) is 38.9 Å². The number of hydrogen-bond donors (Lipinski definition) is 1. The molecule has 19 heavy (non-hydrogen) atoms. The third-order valence-electron chi connectivity index (χ3n) is 4.55. The first-order chi connectivity index (χ1) is 9.40. The van der Waals surface area contributed by atoms with Gasteiger partial charge in [-0.2, -0.15) is 0 Å². The summed E-state index contributed by atoms with van der Waals surface area (Å²) in [6.45, 7) is 6.96. The highest BCUT2D eigenvalue weighted by Crippen LogP contribution is 2.27. The summed E-state index contributed by atoms with van der Waals surface area (Å²) >= 11 is 0. The Balaban J connectivity index is 1.69. The predicted molar refractivity (Wildman–Crippen MR) is 78.4 cm³/mol. The number of ether oxygens (including phenoxy) is 2. The summed E-state index contributed by atoms with van der Waals surface area (Å²) in [5.41, 5.74) is 0. The molecule has 3 heteroatoms. The van der Waals surface area contributed by atoms with E-state index in [0.29, 0.717) is 12.0 Å². The molecule has 112 valence electrons. The van der Waals surface area contributed by atoms with Crippen molar-refractivity contribution in [2.24, 2.45) is 11.8 Å². The van der Waals surface area contributed by atoms with Crippen molar-refractivity contribution >= 4 is 0 Å². The number of rotatable bonds is 8. The van der Waals surface area contributed by atoms with Crippen molar-refractivity contribution in [3.05, 3.63) is 0 Å². The summed E-state index contributed by atoms with van der Waals surface area (Å²) in [5.74, 6) is 1.47. The summed E-state index contributed by atoms with van der Waals surface area (Å²) in [6.07, 6.45) is 9.40. The van der Waals surface area contributed by atoms with Crippen LogP contribution in [0.15, 0.2) is 0 Å². The maximum Gasteiger partial charge on any atom is 0.0622 e. The zero-order valence-electron chi connectivity index (χ0n) is 12.5. The normalized spacial score (nSPS) is 26.7. The van der Waals surface area contributed by atoms with E-state index in [1.165, 1.54) is 44.9 Å². The van der Waals surface area contributed by atoms with Crippen LogP contribution in [-0.4, -0.2) is 39.0 Å². The van der Waals surface area contributed by atoms with Crippen LogP contribution in [0.4, 0.5) is 0 Å². The molecular weight excluding hydrogens is 238 g/mol. The third-order valence-corrected chi connectivity index (χ3v) is 4.55. The molecule has 0 spiro atoms. The Morgan fingerprint density at radius 3 is 2.74 bits per heavy atom. The molecule has 0 amide bonds. The van der Waals surface area contributed by atoms with Crippen LogP contribution in [0.3, 0.4) is 0 Å². The first-order valence-electron chi connectivity index (χ1n) is 8.29. The highest BCUT2D eigenvalue weighted by atomic mass is 16.5. The second-order valence-corrected chi connectivity index (χ2v) is 6.23. The molecule has 2 rings (SSSR count). The van der Waals surface area contributed by atoms with Crippen molar-refractivity contribution in [3.63, 3.8) is 0 Å². The van der Waals surface area contributed by atoms with Crippen LogP contribution in [0.5, 0.6) is 0 Å². The van der Waals surface area contributed by atoms with Gasteiger partial charge in [-0.1, -0.05) is 26.2 Å². The minimum Gasteiger partial charge on any atom is -0.381 e. The molecule has 0 aromatic heterocycles. The van der Waals surface area contributed by atoms with Gasteiger partial charge in [0.15, 0.2) is 0 Å². The van der Waals surface area contributed by atoms with Crippen LogP contribution < -0.4 is 5.32 Å². The fourth-order valence-corrected chi connectivity index (χ4v) is 3.30. The first kappa shape index (κ1) is 15.3. The van der Waals surface area contributed by atoms with Gasteiger partial charge in [0.25, 0.3) is 0 Å². The molecule has 1 aliphatic heterocycles. The van der Waals surface area contributed by atoms with Crippen molar-refractivity contribution in [2.75, 3.05) is 33.0 Å². The van der Waals surface area contributed by atoms with Gasteiger partial charge in [0.2, 0.25) is 0 Å². The molecule has 1 heterocycles. The van der Waals surface area contributed by atoms with Gasteiger partial charge in [0, 0.05) is 18.6 Å². The minimum atomic E-state index is 0.572. The molecule has 1 saturated carbocycles. The van der Waals surface area contributed by atoms with E-state index in [1.807, 2.05) is 0 Å². The predicted octanol–water partition coefficient (Wildman–Crippen LogP) is 2.99. The quantitative estimate of drug-likeness (QED) is 0.735. The lowest BCUT2D eigenvalue weighted by atomic mass is 9.84. The van der Waals surface area contributed by atoms with Gasteiger partial charge in [-0.05, 0) is 38.1 Å².